The summed E-state index contributed by atoms with van der Waals surface area (Å²) in [6.45, 7) is 0. The molecule has 2 aromatic heterocycles. The molecule has 3 heteroatoms. The molecule has 1 aliphatic rings. The molecule has 10 rings (SSSR count). The van der Waals surface area contributed by atoms with Crippen molar-refractivity contribution in [1.82, 2.24) is 9.97 Å². The van der Waals surface area contributed by atoms with Crippen LogP contribution in [0.15, 0.2) is 186 Å². The summed E-state index contributed by atoms with van der Waals surface area (Å²) in [6, 6.07) is 64.3. The van der Waals surface area contributed by atoms with Gasteiger partial charge in [-0.25, -0.2) is 9.97 Å². The van der Waals surface area contributed by atoms with Gasteiger partial charge in [0.05, 0.1) is 16.8 Å². The van der Waals surface area contributed by atoms with Crippen LogP contribution in [0.4, 0.5) is 0 Å². The van der Waals surface area contributed by atoms with Gasteiger partial charge >= 0.3 is 0 Å². The Hall–Kier alpha value is -6.58. The van der Waals surface area contributed by atoms with Crippen LogP contribution in [-0.2, 0) is 5.41 Å². The van der Waals surface area contributed by atoms with Gasteiger partial charge in [0.1, 0.15) is 11.2 Å². The summed E-state index contributed by atoms with van der Waals surface area (Å²) in [7, 11) is 0. The maximum atomic E-state index is 6.31. The molecule has 0 amide bonds. The predicted octanol–water partition coefficient (Wildman–Crippen LogP) is 11.7. The molecule has 0 radical (unpaired) electrons. The second kappa shape index (κ2) is 11.3. The monoisotopic (exact) mass is 638 g/mol. The van der Waals surface area contributed by atoms with Crippen molar-refractivity contribution < 1.29 is 4.42 Å². The van der Waals surface area contributed by atoms with Crippen LogP contribution in [0, 0.1) is 0 Å². The van der Waals surface area contributed by atoms with Crippen LogP contribution in [0.5, 0.6) is 0 Å². The quantitative estimate of drug-likeness (QED) is 0.188. The Morgan fingerprint density at radius 1 is 0.400 bits per heavy atom. The van der Waals surface area contributed by atoms with Crippen molar-refractivity contribution in [3.8, 4) is 45.0 Å². The fourth-order valence-corrected chi connectivity index (χ4v) is 8.04. The third kappa shape index (κ3) is 4.23. The lowest BCUT2D eigenvalue weighted by Gasteiger charge is -2.33. The van der Waals surface area contributed by atoms with Gasteiger partial charge in [-0.1, -0.05) is 158 Å². The normalized spacial score (nSPS) is 13.0. The molecule has 0 saturated carbocycles. The molecule has 0 atom stereocenters. The molecule has 9 aromatic rings. The second-order valence-corrected chi connectivity index (χ2v) is 12.9. The zero-order chi connectivity index (χ0) is 33.1. The van der Waals surface area contributed by atoms with E-state index >= 15 is 0 Å². The highest BCUT2D eigenvalue weighted by atomic mass is 16.3. The molecular weight excluding hydrogens is 609 g/mol. The zero-order valence-corrected chi connectivity index (χ0v) is 27.1. The number of hydrogen-bond donors (Lipinski definition) is 0. The summed E-state index contributed by atoms with van der Waals surface area (Å²) >= 11 is 0. The van der Waals surface area contributed by atoms with Crippen molar-refractivity contribution in [2.75, 3.05) is 0 Å². The number of hydrogen-bond acceptors (Lipinski definition) is 3. The number of nitrogens with zero attached hydrogens (tertiary/aromatic N) is 2. The molecule has 2 heterocycles. The summed E-state index contributed by atoms with van der Waals surface area (Å²) in [5.41, 5.74) is 13.4. The highest BCUT2D eigenvalue weighted by Gasteiger charge is 2.46. The van der Waals surface area contributed by atoms with Gasteiger partial charge in [-0.15, -0.1) is 0 Å². The molecule has 0 bridgehead atoms. The molecular formula is C47H30N2O. The van der Waals surface area contributed by atoms with Crippen LogP contribution >= 0.6 is 0 Å². The average molecular weight is 639 g/mol. The first-order valence-corrected chi connectivity index (χ1v) is 17.0. The fraction of sp³-hybridized carbons (Fsp3) is 0.0213. The van der Waals surface area contributed by atoms with Crippen molar-refractivity contribution >= 4 is 21.9 Å². The topological polar surface area (TPSA) is 38.9 Å². The average Bonchev–Trinajstić information content (AvgIpc) is 3.72. The van der Waals surface area contributed by atoms with Crippen molar-refractivity contribution in [3.05, 3.63) is 204 Å². The van der Waals surface area contributed by atoms with Crippen LogP contribution in [0.2, 0.25) is 0 Å². The number of rotatable bonds is 5. The fourth-order valence-electron chi connectivity index (χ4n) is 8.04. The molecule has 0 unspecified atom stereocenters. The van der Waals surface area contributed by atoms with E-state index in [1.165, 1.54) is 33.4 Å². The van der Waals surface area contributed by atoms with E-state index in [4.69, 9.17) is 14.4 Å². The molecule has 3 nitrogen and oxygen atoms in total. The van der Waals surface area contributed by atoms with E-state index in [9.17, 15) is 0 Å². The Balaban J connectivity index is 1.25. The van der Waals surface area contributed by atoms with E-state index in [-0.39, 0.29) is 0 Å². The van der Waals surface area contributed by atoms with E-state index < -0.39 is 5.41 Å². The SMILES string of the molecule is c1ccc(-c2nc(-c3ccc4c(c3)oc3ccccc34)cc(-c3cccc4c3-c3ccccc3C4(c3ccccc3)c3ccccc3)n2)cc1. The second-order valence-electron chi connectivity index (χ2n) is 12.9. The van der Waals surface area contributed by atoms with Gasteiger partial charge in [-0.2, -0.15) is 0 Å². The summed E-state index contributed by atoms with van der Waals surface area (Å²) in [5.74, 6) is 0.684. The summed E-state index contributed by atoms with van der Waals surface area (Å²) in [4.78, 5) is 10.5. The van der Waals surface area contributed by atoms with Gasteiger partial charge < -0.3 is 4.42 Å². The molecule has 0 N–H and O–H groups in total. The Kier molecular flexibility index (Phi) is 6.40. The summed E-state index contributed by atoms with van der Waals surface area (Å²) in [5, 5.41) is 2.21. The lowest BCUT2D eigenvalue weighted by molar-refractivity contribution is 0.669. The lowest BCUT2D eigenvalue weighted by atomic mass is 9.67. The van der Waals surface area contributed by atoms with E-state index in [1.54, 1.807) is 0 Å². The lowest BCUT2D eigenvalue weighted by Crippen LogP contribution is -2.28. The van der Waals surface area contributed by atoms with Crippen LogP contribution in [0.3, 0.4) is 0 Å². The van der Waals surface area contributed by atoms with E-state index in [0.29, 0.717) is 5.82 Å². The van der Waals surface area contributed by atoms with Gasteiger partial charge in [0.15, 0.2) is 5.82 Å². The van der Waals surface area contributed by atoms with E-state index in [0.717, 1.165) is 50.0 Å². The van der Waals surface area contributed by atoms with E-state index in [1.807, 2.05) is 30.3 Å². The number of furan rings is 1. The first-order valence-electron chi connectivity index (χ1n) is 17.0. The van der Waals surface area contributed by atoms with Crippen LogP contribution in [0.25, 0.3) is 67.0 Å². The van der Waals surface area contributed by atoms with Crippen molar-refractivity contribution in [2.45, 2.75) is 5.41 Å². The smallest absolute Gasteiger partial charge is 0.160 e. The van der Waals surface area contributed by atoms with Crippen LogP contribution < -0.4 is 0 Å². The third-order valence-corrected chi connectivity index (χ3v) is 10.2. The molecule has 0 fully saturated rings. The number of aromatic nitrogens is 2. The standard InChI is InChI=1S/C47H30N2O/c1-4-15-31(16-5-1)46-48-41(32-27-28-36-35-21-11-13-26-43(35)50-44(36)29-32)30-42(49-46)38-23-14-25-40-45(38)37-22-10-12-24-39(37)47(40,33-17-6-2-7-18-33)34-19-8-3-9-20-34/h1-30H. The van der Waals surface area contributed by atoms with Crippen molar-refractivity contribution in [1.29, 1.82) is 0 Å². The maximum absolute atomic E-state index is 6.31. The number of para-hydroxylation sites is 1. The maximum Gasteiger partial charge on any atom is 0.160 e. The minimum Gasteiger partial charge on any atom is -0.456 e. The van der Waals surface area contributed by atoms with Crippen LogP contribution in [-0.4, -0.2) is 9.97 Å². The highest BCUT2D eigenvalue weighted by Crippen LogP contribution is 2.58. The molecule has 1 aliphatic carbocycles. The van der Waals surface area contributed by atoms with Gasteiger partial charge in [0.25, 0.3) is 0 Å². The largest absolute Gasteiger partial charge is 0.456 e. The van der Waals surface area contributed by atoms with Crippen molar-refractivity contribution in [2.24, 2.45) is 0 Å². The first-order chi connectivity index (χ1) is 24.8. The van der Waals surface area contributed by atoms with Gasteiger partial charge in [0.2, 0.25) is 0 Å². The molecule has 0 aliphatic heterocycles. The van der Waals surface area contributed by atoms with E-state index in [2.05, 4.69) is 152 Å². The Morgan fingerprint density at radius 3 is 1.78 bits per heavy atom. The van der Waals surface area contributed by atoms with Crippen LogP contribution in [0.1, 0.15) is 22.3 Å². The molecule has 0 saturated heterocycles. The molecule has 50 heavy (non-hydrogen) atoms. The zero-order valence-electron chi connectivity index (χ0n) is 27.1. The molecule has 0 spiro atoms. The Morgan fingerprint density at radius 2 is 1.00 bits per heavy atom. The number of benzene rings is 7. The third-order valence-electron chi connectivity index (χ3n) is 10.2. The van der Waals surface area contributed by atoms with Crippen molar-refractivity contribution in [3.63, 3.8) is 0 Å². The minimum absolute atomic E-state index is 0.491. The Labute approximate surface area is 290 Å². The Bertz CT molecular complexity index is 2660. The molecule has 234 valence electrons. The minimum atomic E-state index is -0.491. The van der Waals surface area contributed by atoms with Gasteiger partial charge in [-0.3, -0.25) is 0 Å². The molecule has 7 aromatic carbocycles. The summed E-state index contributed by atoms with van der Waals surface area (Å²) in [6.07, 6.45) is 0. The highest BCUT2D eigenvalue weighted by molar-refractivity contribution is 6.06. The van der Waals surface area contributed by atoms with Gasteiger partial charge in [0, 0.05) is 27.5 Å². The first kappa shape index (κ1) is 28.4. The number of fused-ring (bicyclic) bond motifs is 6. The van der Waals surface area contributed by atoms with Gasteiger partial charge in [-0.05, 0) is 57.6 Å². The summed E-state index contributed by atoms with van der Waals surface area (Å²) < 4.78 is 6.31. The predicted molar refractivity (Wildman–Crippen MR) is 203 cm³/mol.